The van der Waals surface area contributed by atoms with Crippen LogP contribution < -0.4 is 0 Å². The normalized spacial score (nSPS) is 16.0. The van der Waals surface area contributed by atoms with Crippen molar-refractivity contribution < 1.29 is 21.3 Å². The molecule has 1 atom stereocenters. The first kappa shape index (κ1) is 31.1. The number of aryl methyl sites for hydroxylation is 2. The van der Waals surface area contributed by atoms with Crippen molar-refractivity contribution in [2.24, 2.45) is 5.92 Å². The second-order valence-electron chi connectivity index (χ2n) is 12.4. The van der Waals surface area contributed by atoms with Crippen molar-refractivity contribution in [2.45, 2.75) is 83.7 Å². The van der Waals surface area contributed by atoms with Crippen LogP contribution >= 0.6 is 0 Å². The third-order valence-corrected chi connectivity index (χ3v) is 19.0. The summed E-state index contributed by atoms with van der Waals surface area (Å²) < 4.78 is 4.02. The summed E-state index contributed by atoms with van der Waals surface area (Å²) in [6.07, 6.45) is 6.79. The van der Waals surface area contributed by atoms with Crippen molar-refractivity contribution >= 4 is 3.21 Å². The van der Waals surface area contributed by atoms with Crippen LogP contribution in [0, 0.1) is 5.92 Å². The number of hydrogen-bond acceptors (Lipinski definition) is 0. The molecule has 2 aliphatic carbocycles. The maximum absolute atomic E-state index is 2.85. The van der Waals surface area contributed by atoms with Gasteiger partial charge in [-0.3, -0.25) is 0 Å². The predicted octanol–water partition coefficient (Wildman–Crippen LogP) is 11.6. The Hall–Kier alpha value is -2.89. The molecule has 0 aliphatic heterocycles. The molecule has 0 nitrogen and oxygen atoms in total. The second-order valence-corrected chi connectivity index (χ2v) is 18.4. The van der Waals surface area contributed by atoms with Crippen molar-refractivity contribution in [3.05, 3.63) is 150 Å². The minimum atomic E-state index is -2.85. The summed E-state index contributed by atoms with van der Waals surface area (Å²) in [6.45, 7) is 14.3. The Morgan fingerprint density at radius 2 is 1.05 bits per heavy atom. The third-order valence-electron chi connectivity index (χ3n) is 10.3. The van der Waals surface area contributed by atoms with Crippen LogP contribution in [0.25, 0.3) is 11.1 Å². The number of rotatable bonds is 10. The van der Waals surface area contributed by atoms with E-state index in [4.69, 9.17) is 0 Å². The van der Waals surface area contributed by atoms with E-state index in [1.807, 2.05) is 3.28 Å². The van der Waals surface area contributed by atoms with Crippen LogP contribution in [0.3, 0.4) is 0 Å². The molecular formula is C43H48Zr. The molecule has 0 aromatic heterocycles. The topological polar surface area (TPSA) is 0 Å². The fourth-order valence-electron chi connectivity index (χ4n) is 8.29. The van der Waals surface area contributed by atoms with Crippen LogP contribution in [-0.2, 0) is 34.1 Å². The molecule has 6 rings (SSSR count). The predicted molar refractivity (Wildman–Crippen MR) is 187 cm³/mol. The van der Waals surface area contributed by atoms with Crippen molar-refractivity contribution in [2.75, 3.05) is 0 Å². The molecule has 0 radical (unpaired) electrons. The van der Waals surface area contributed by atoms with E-state index in [-0.39, 0.29) is 0 Å². The van der Waals surface area contributed by atoms with Gasteiger partial charge in [-0.15, -0.1) is 0 Å². The zero-order valence-electron chi connectivity index (χ0n) is 27.6. The third kappa shape index (κ3) is 5.34. The Balaban J connectivity index is 1.81. The molecule has 0 N–H and O–H groups in total. The summed E-state index contributed by atoms with van der Waals surface area (Å²) in [5, 5.41) is 0. The van der Waals surface area contributed by atoms with E-state index >= 15 is 0 Å². The standard InChI is InChI=1S/C17H17.C13H10.C13H21.Zr/c1-3-12-5-7-16-14(9-12)11-15-10-13(4-2)6-8-17(15)16;1-3-7-12(8-4-1)11-13-9-5-2-6-10-13;1-5-10-9-11(6-2)13(8-4)12(10)7-3;/h5-11H,3-4H2,1-2H3;1-10H;10H,5-8H2,1-4H3;. The van der Waals surface area contributed by atoms with E-state index in [1.54, 1.807) is 31.1 Å². The van der Waals surface area contributed by atoms with Crippen LogP contribution in [-0.4, -0.2) is 3.21 Å². The van der Waals surface area contributed by atoms with Gasteiger partial charge in [0.2, 0.25) is 0 Å². The Morgan fingerprint density at radius 1 is 0.545 bits per heavy atom. The molecule has 224 valence electrons. The Bertz CT molecular complexity index is 1650. The van der Waals surface area contributed by atoms with Gasteiger partial charge in [0.15, 0.2) is 0 Å². The van der Waals surface area contributed by atoms with E-state index in [2.05, 4.69) is 139 Å². The number of allylic oxidation sites excluding steroid dienone is 4. The van der Waals surface area contributed by atoms with Crippen molar-refractivity contribution in [1.29, 1.82) is 0 Å². The summed E-state index contributed by atoms with van der Waals surface area (Å²) in [5.41, 5.74) is 17.1. The Labute approximate surface area is 274 Å². The second kappa shape index (κ2) is 13.6. The molecule has 4 aromatic carbocycles. The van der Waals surface area contributed by atoms with E-state index in [0.29, 0.717) is 9.54 Å². The summed E-state index contributed by atoms with van der Waals surface area (Å²) >= 11 is -2.85. The zero-order chi connectivity index (χ0) is 30.8. The van der Waals surface area contributed by atoms with Gasteiger partial charge in [0, 0.05) is 0 Å². The first-order chi connectivity index (χ1) is 21.6. The molecule has 0 saturated heterocycles. The van der Waals surface area contributed by atoms with E-state index in [1.165, 1.54) is 39.8 Å². The molecule has 0 amide bonds. The quantitative estimate of drug-likeness (QED) is 0.159. The van der Waals surface area contributed by atoms with Gasteiger partial charge in [-0.1, -0.05) is 0 Å². The van der Waals surface area contributed by atoms with Gasteiger partial charge >= 0.3 is 276 Å². The molecule has 44 heavy (non-hydrogen) atoms. The first-order valence-corrected chi connectivity index (χ1v) is 21.0. The fourth-order valence-corrected chi connectivity index (χ4v) is 18.9. The van der Waals surface area contributed by atoms with Gasteiger partial charge in [-0.2, -0.15) is 0 Å². The number of benzene rings is 4. The summed E-state index contributed by atoms with van der Waals surface area (Å²) in [4.78, 5) is 0. The van der Waals surface area contributed by atoms with Gasteiger partial charge in [0.25, 0.3) is 0 Å². The monoisotopic (exact) mass is 654 g/mol. The SMILES string of the molecule is CCC1=C(CC)C(CC)[C]([Zr](=[C](c2ccccc2)c2ccccc2)[CH]2c3cc(CC)ccc3-c3ccc(CC)cc32)=C1CC. The molecule has 4 aromatic rings. The van der Waals surface area contributed by atoms with Gasteiger partial charge < -0.3 is 0 Å². The Morgan fingerprint density at radius 3 is 1.45 bits per heavy atom. The zero-order valence-corrected chi connectivity index (χ0v) is 30.1. The van der Waals surface area contributed by atoms with Crippen LogP contribution in [0.1, 0.15) is 104 Å². The fraction of sp³-hybridized carbons (Fsp3) is 0.326. The summed E-state index contributed by atoms with van der Waals surface area (Å²) in [5.74, 6) is 0.568. The molecule has 1 unspecified atom stereocenters. The van der Waals surface area contributed by atoms with Crippen molar-refractivity contribution in [1.82, 2.24) is 0 Å². The van der Waals surface area contributed by atoms with E-state index in [9.17, 15) is 0 Å². The van der Waals surface area contributed by atoms with Gasteiger partial charge in [0.05, 0.1) is 0 Å². The molecule has 0 heterocycles. The van der Waals surface area contributed by atoms with Crippen LogP contribution in [0.4, 0.5) is 0 Å². The molecule has 0 bridgehead atoms. The molecule has 0 fully saturated rings. The average molecular weight is 656 g/mol. The summed E-state index contributed by atoms with van der Waals surface area (Å²) in [7, 11) is 0. The van der Waals surface area contributed by atoms with Crippen molar-refractivity contribution in [3.63, 3.8) is 0 Å². The summed E-state index contributed by atoms with van der Waals surface area (Å²) in [6, 6.07) is 37.9. The first-order valence-electron chi connectivity index (χ1n) is 17.2. The average Bonchev–Trinajstić information content (AvgIpc) is 3.58. The van der Waals surface area contributed by atoms with Crippen LogP contribution in [0.15, 0.2) is 117 Å². The molecule has 1 heteroatoms. The van der Waals surface area contributed by atoms with E-state index < -0.39 is 21.3 Å². The maximum atomic E-state index is 2.61. The number of fused-ring (bicyclic) bond motifs is 3. The van der Waals surface area contributed by atoms with Gasteiger partial charge in [-0.25, -0.2) is 0 Å². The van der Waals surface area contributed by atoms with Crippen LogP contribution in [0.5, 0.6) is 0 Å². The molecule has 0 spiro atoms. The Kier molecular flexibility index (Phi) is 9.63. The molecule has 2 aliphatic rings. The van der Waals surface area contributed by atoms with Gasteiger partial charge in [0.1, 0.15) is 0 Å². The van der Waals surface area contributed by atoms with E-state index in [0.717, 1.165) is 32.1 Å². The molecule has 0 saturated carbocycles. The number of hydrogen-bond donors (Lipinski definition) is 0. The molecular weight excluding hydrogens is 608 g/mol. The minimum absolute atomic E-state index is 0.454. The van der Waals surface area contributed by atoms with Crippen LogP contribution in [0.2, 0.25) is 0 Å². The van der Waals surface area contributed by atoms with Crippen molar-refractivity contribution in [3.8, 4) is 11.1 Å². The van der Waals surface area contributed by atoms with Gasteiger partial charge in [-0.05, 0) is 0 Å².